The number of hydrogen-bond acceptors (Lipinski definition) is 4. The molecular formula is C30H26N2O3. The molecule has 0 bridgehead atoms. The fraction of sp³-hybridized carbons (Fsp3) is 0.100. The van der Waals surface area contributed by atoms with Gasteiger partial charge >= 0.3 is 0 Å². The molecule has 35 heavy (non-hydrogen) atoms. The van der Waals surface area contributed by atoms with Gasteiger partial charge in [-0.1, -0.05) is 72.2 Å². The third-order valence-electron chi connectivity index (χ3n) is 5.88. The number of aryl methyl sites for hydroxylation is 1. The summed E-state index contributed by atoms with van der Waals surface area (Å²) in [5.41, 5.74) is 6.24. The molecule has 0 saturated heterocycles. The molecule has 174 valence electrons. The number of para-hydroxylation sites is 1. The number of aromatic nitrogens is 1. The van der Waals surface area contributed by atoms with E-state index in [4.69, 9.17) is 5.21 Å². The number of carbonyl (C=O) groups is 2. The van der Waals surface area contributed by atoms with Crippen molar-refractivity contribution >= 4 is 39.6 Å². The van der Waals surface area contributed by atoms with Crippen molar-refractivity contribution in [3.8, 4) is 5.69 Å². The average Bonchev–Trinajstić information content (AvgIpc) is 3.24. The average molecular weight is 463 g/mol. The van der Waals surface area contributed by atoms with Crippen molar-refractivity contribution in [2.75, 3.05) is 0 Å². The van der Waals surface area contributed by atoms with Gasteiger partial charge in [-0.15, -0.1) is 0 Å². The Morgan fingerprint density at radius 1 is 0.829 bits per heavy atom. The van der Waals surface area contributed by atoms with Crippen LogP contribution in [0.3, 0.4) is 0 Å². The van der Waals surface area contributed by atoms with E-state index in [1.165, 1.54) is 27.4 Å². The van der Waals surface area contributed by atoms with Crippen LogP contribution in [0.15, 0.2) is 102 Å². The number of carbonyl (C=O) groups excluding carboxylic acids is 2. The van der Waals surface area contributed by atoms with E-state index in [2.05, 4.69) is 59.1 Å². The molecule has 0 unspecified atom stereocenters. The zero-order chi connectivity index (χ0) is 24.8. The second-order valence-electron chi connectivity index (χ2n) is 8.18. The van der Waals surface area contributed by atoms with Gasteiger partial charge in [0, 0.05) is 27.6 Å². The maximum absolute atomic E-state index is 12.7. The molecule has 0 amide bonds. The van der Waals surface area contributed by atoms with Crippen molar-refractivity contribution in [1.82, 2.24) is 4.57 Å². The highest BCUT2D eigenvalue weighted by Crippen LogP contribution is 2.32. The molecule has 0 aliphatic rings. The SMILES string of the molecule is CC/C(C=O)=N\O.Cc1ccc2c(c1)c1ccccc1n2-c1ccc(C(=O)c2ccccc2)cc1. The van der Waals surface area contributed by atoms with E-state index in [1.807, 2.05) is 54.6 Å². The first kappa shape index (κ1) is 23.6. The van der Waals surface area contributed by atoms with E-state index < -0.39 is 0 Å². The Kier molecular flexibility index (Phi) is 7.17. The summed E-state index contributed by atoms with van der Waals surface area (Å²) < 4.78 is 2.26. The Labute approximate surface area is 203 Å². The Hall–Kier alpha value is -4.51. The summed E-state index contributed by atoms with van der Waals surface area (Å²) in [7, 11) is 0. The van der Waals surface area contributed by atoms with E-state index in [9.17, 15) is 9.59 Å². The summed E-state index contributed by atoms with van der Waals surface area (Å²) in [6, 6.07) is 32.3. The number of rotatable bonds is 5. The Morgan fingerprint density at radius 2 is 1.46 bits per heavy atom. The van der Waals surface area contributed by atoms with Crippen molar-refractivity contribution in [3.63, 3.8) is 0 Å². The molecule has 5 aromatic rings. The summed E-state index contributed by atoms with van der Waals surface area (Å²) in [6.45, 7) is 3.86. The maximum atomic E-state index is 12.7. The van der Waals surface area contributed by atoms with E-state index in [1.54, 1.807) is 6.92 Å². The van der Waals surface area contributed by atoms with Gasteiger partial charge in [0.05, 0.1) is 11.0 Å². The van der Waals surface area contributed by atoms with Gasteiger partial charge in [0.2, 0.25) is 0 Å². The second kappa shape index (κ2) is 10.6. The van der Waals surface area contributed by atoms with Gasteiger partial charge in [-0.3, -0.25) is 9.59 Å². The standard InChI is InChI=1S/C26H19NO.C4H7NO2/c1-18-11-16-25-23(17-18)22-9-5-6-10-24(22)27(25)21-14-12-20(13-15-21)26(28)19-7-3-2-4-8-19;1-2-4(3-6)5-7/h2-17H,1H3;3,7H,2H2,1H3/b;5-4+. The van der Waals surface area contributed by atoms with Gasteiger partial charge in [0.15, 0.2) is 12.1 Å². The van der Waals surface area contributed by atoms with Gasteiger partial charge in [-0.05, 0) is 55.8 Å². The van der Waals surface area contributed by atoms with Crippen LogP contribution in [0.25, 0.3) is 27.5 Å². The molecule has 0 saturated carbocycles. The number of hydrogen-bond donors (Lipinski definition) is 1. The van der Waals surface area contributed by atoms with Gasteiger partial charge in [-0.25, -0.2) is 0 Å². The van der Waals surface area contributed by atoms with Crippen molar-refractivity contribution in [2.24, 2.45) is 5.16 Å². The molecule has 0 aliphatic carbocycles. The normalized spacial score (nSPS) is 11.2. The molecule has 0 radical (unpaired) electrons. The maximum Gasteiger partial charge on any atom is 0.193 e. The fourth-order valence-corrected chi connectivity index (χ4v) is 4.06. The lowest BCUT2D eigenvalue weighted by Crippen LogP contribution is -2.01. The Morgan fingerprint density at radius 3 is 2.09 bits per heavy atom. The summed E-state index contributed by atoms with van der Waals surface area (Å²) in [6.07, 6.45) is 1.01. The number of nitrogens with zero attached hydrogens (tertiary/aromatic N) is 2. The molecule has 1 aromatic heterocycles. The van der Waals surface area contributed by atoms with Crippen LogP contribution in [0.5, 0.6) is 0 Å². The van der Waals surface area contributed by atoms with Crippen molar-refractivity contribution in [1.29, 1.82) is 0 Å². The summed E-state index contributed by atoms with van der Waals surface area (Å²) in [5, 5.41) is 13.0. The van der Waals surface area contributed by atoms with Gasteiger partial charge < -0.3 is 9.77 Å². The molecule has 4 aromatic carbocycles. The van der Waals surface area contributed by atoms with E-state index >= 15 is 0 Å². The molecule has 5 rings (SSSR count). The lowest BCUT2D eigenvalue weighted by Gasteiger charge is -2.09. The van der Waals surface area contributed by atoms with Crippen molar-refractivity contribution in [2.45, 2.75) is 20.3 Å². The van der Waals surface area contributed by atoms with E-state index in [-0.39, 0.29) is 11.5 Å². The third-order valence-corrected chi connectivity index (χ3v) is 5.88. The van der Waals surface area contributed by atoms with Crippen molar-refractivity contribution in [3.05, 3.63) is 114 Å². The first-order valence-corrected chi connectivity index (χ1v) is 11.4. The predicted molar refractivity (Wildman–Crippen MR) is 141 cm³/mol. The summed E-state index contributed by atoms with van der Waals surface area (Å²) in [4.78, 5) is 22.4. The molecule has 5 heteroatoms. The molecule has 0 spiro atoms. The predicted octanol–water partition coefficient (Wildman–Crippen LogP) is 6.75. The first-order valence-electron chi connectivity index (χ1n) is 11.4. The van der Waals surface area contributed by atoms with Crippen LogP contribution in [0, 0.1) is 6.92 Å². The van der Waals surface area contributed by atoms with Crippen LogP contribution >= 0.6 is 0 Å². The minimum atomic E-state index is 0.0463. The zero-order valence-corrected chi connectivity index (χ0v) is 19.7. The highest BCUT2D eigenvalue weighted by Gasteiger charge is 2.13. The lowest BCUT2D eigenvalue weighted by molar-refractivity contribution is -0.102. The number of fused-ring (bicyclic) bond motifs is 3. The largest absolute Gasteiger partial charge is 0.411 e. The molecular weight excluding hydrogens is 436 g/mol. The Balaban J connectivity index is 0.000000364. The topological polar surface area (TPSA) is 71.7 Å². The second-order valence-corrected chi connectivity index (χ2v) is 8.18. The molecule has 0 fully saturated rings. The smallest absolute Gasteiger partial charge is 0.193 e. The van der Waals surface area contributed by atoms with Crippen LogP contribution in [0.1, 0.15) is 34.8 Å². The van der Waals surface area contributed by atoms with Crippen LogP contribution in [0.2, 0.25) is 0 Å². The van der Waals surface area contributed by atoms with Gasteiger partial charge in [0.1, 0.15) is 5.71 Å². The molecule has 1 heterocycles. The highest BCUT2D eigenvalue weighted by atomic mass is 16.4. The van der Waals surface area contributed by atoms with Crippen molar-refractivity contribution < 1.29 is 14.8 Å². The minimum absolute atomic E-state index is 0.0463. The summed E-state index contributed by atoms with van der Waals surface area (Å²) in [5.74, 6) is 0.0463. The van der Waals surface area contributed by atoms with Crippen LogP contribution in [0.4, 0.5) is 0 Å². The quantitative estimate of drug-likeness (QED) is 0.103. The highest BCUT2D eigenvalue weighted by molar-refractivity contribution is 6.27. The summed E-state index contributed by atoms with van der Waals surface area (Å²) >= 11 is 0. The number of benzene rings is 4. The van der Waals surface area contributed by atoms with Gasteiger partial charge in [-0.2, -0.15) is 0 Å². The lowest BCUT2D eigenvalue weighted by atomic mass is 10.0. The molecule has 1 N–H and O–H groups in total. The van der Waals surface area contributed by atoms with E-state index in [0.717, 1.165) is 5.69 Å². The first-order chi connectivity index (χ1) is 17.1. The number of oxime groups is 1. The monoisotopic (exact) mass is 462 g/mol. The van der Waals surface area contributed by atoms with Gasteiger partial charge in [0.25, 0.3) is 0 Å². The van der Waals surface area contributed by atoms with Crippen LogP contribution < -0.4 is 0 Å². The van der Waals surface area contributed by atoms with E-state index in [0.29, 0.717) is 23.8 Å². The minimum Gasteiger partial charge on any atom is -0.411 e. The number of aldehydes is 1. The third kappa shape index (κ3) is 4.89. The van der Waals surface area contributed by atoms with Crippen LogP contribution in [-0.2, 0) is 4.79 Å². The Bertz CT molecular complexity index is 1510. The molecule has 5 nitrogen and oxygen atoms in total. The zero-order valence-electron chi connectivity index (χ0n) is 19.7. The van der Waals surface area contributed by atoms with Crippen LogP contribution in [-0.4, -0.2) is 27.6 Å². The molecule has 0 atom stereocenters. The fourth-order valence-electron chi connectivity index (χ4n) is 4.06. The number of ketones is 1. The molecule has 0 aliphatic heterocycles.